The molecule has 0 aliphatic heterocycles. The van der Waals surface area contributed by atoms with Gasteiger partial charge >= 0.3 is 0 Å². The summed E-state index contributed by atoms with van der Waals surface area (Å²) in [6, 6.07) is 3.89. The molecule has 1 fully saturated rings. The van der Waals surface area contributed by atoms with E-state index in [-0.39, 0.29) is 0 Å². The predicted octanol–water partition coefficient (Wildman–Crippen LogP) is 2.09. The third-order valence-corrected chi connectivity index (χ3v) is 3.15. The molecule has 5 nitrogen and oxygen atoms in total. The maximum absolute atomic E-state index is 4.91. The number of nitrogens with zero attached hydrogens (tertiary/aromatic N) is 4. The molecular weight excluding hydrogens is 264 g/mol. The number of hydrogen-bond acceptors (Lipinski definition) is 4. The van der Waals surface area contributed by atoms with Gasteiger partial charge in [0, 0.05) is 30.1 Å². The average molecular weight is 280 g/mol. The lowest BCUT2D eigenvalue weighted by Crippen LogP contribution is -2.12. The van der Waals surface area contributed by atoms with Gasteiger partial charge in [0.25, 0.3) is 0 Å². The Morgan fingerprint density at radius 1 is 1.48 bits per heavy atom. The maximum atomic E-state index is 4.91. The molecule has 0 spiro atoms. The van der Waals surface area contributed by atoms with Gasteiger partial charge in [-0.05, 0) is 25.0 Å². The molecule has 3 rings (SSSR count). The number of oxime groups is 1. The van der Waals surface area contributed by atoms with Crippen LogP contribution in [0.2, 0.25) is 0 Å². The molecular formula is C16H16N4O. The van der Waals surface area contributed by atoms with Crippen LogP contribution in [0.15, 0.2) is 42.2 Å². The molecule has 0 saturated heterocycles. The average Bonchev–Trinajstić information content (AvgIpc) is 3.21. The van der Waals surface area contributed by atoms with Crippen molar-refractivity contribution in [3.8, 4) is 11.8 Å². The fourth-order valence-corrected chi connectivity index (χ4v) is 1.87. The lowest BCUT2D eigenvalue weighted by molar-refractivity contribution is 0.212. The van der Waals surface area contributed by atoms with Crippen LogP contribution in [0.25, 0.3) is 0 Å². The topological polar surface area (TPSA) is 52.3 Å². The Bertz CT molecular complexity index is 673. The molecule has 0 amide bonds. The number of aromatic nitrogens is 3. The van der Waals surface area contributed by atoms with E-state index in [1.165, 1.54) is 20.0 Å². The molecule has 0 aromatic carbocycles. The zero-order chi connectivity index (χ0) is 14.5. The van der Waals surface area contributed by atoms with E-state index in [9.17, 15) is 0 Å². The van der Waals surface area contributed by atoms with Crippen molar-refractivity contribution in [1.29, 1.82) is 0 Å². The van der Waals surface area contributed by atoms with Crippen molar-refractivity contribution in [3.63, 3.8) is 0 Å². The summed E-state index contributed by atoms with van der Waals surface area (Å²) >= 11 is 0. The van der Waals surface area contributed by atoms with Crippen LogP contribution >= 0.6 is 0 Å². The Labute approximate surface area is 123 Å². The van der Waals surface area contributed by atoms with E-state index < -0.39 is 0 Å². The maximum Gasteiger partial charge on any atom is 0.125 e. The first-order chi connectivity index (χ1) is 10.3. The van der Waals surface area contributed by atoms with Crippen molar-refractivity contribution >= 4 is 5.71 Å². The van der Waals surface area contributed by atoms with Crippen LogP contribution in [0.5, 0.6) is 0 Å². The van der Waals surface area contributed by atoms with E-state index in [1.807, 2.05) is 22.9 Å². The van der Waals surface area contributed by atoms with Gasteiger partial charge in [-0.1, -0.05) is 17.0 Å². The van der Waals surface area contributed by atoms with Crippen molar-refractivity contribution in [2.45, 2.75) is 19.4 Å². The smallest absolute Gasteiger partial charge is 0.125 e. The summed E-state index contributed by atoms with van der Waals surface area (Å²) in [5.41, 5.74) is 2.46. The van der Waals surface area contributed by atoms with Gasteiger partial charge in [-0.15, -0.1) is 0 Å². The number of imidazole rings is 1. The second-order valence-electron chi connectivity index (χ2n) is 4.93. The van der Waals surface area contributed by atoms with E-state index in [0.29, 0.717) is 12.5 Å². The summed E-state index contributed by atoms with van der Waals surface area (Å²) in [6.07, 6.45) is 9.58. The van der Waals surface area contributed by atoms with E-state index in [2.05, 4.69) is 27.0 Å². The zero-order valence-electron chi connectivity index (χ0n) is 11.9. The molecule has 21 heavy (non-hydrogen) atoms. The Morgan fingerprint density at radius 2 is 2.38 bits per heavy atom. The summed E-state index contributed by atoms with van der Waals surface area (Å²) in [4.78, 5) is 13.4. The lowest BCUT2D eigenvalue weighted by atomic mass is 10.2. The second kappa shape index (κ2) is 6.23. The van der Waals surface area contributed by atoms with Gasteiger partial charge < -0.3 is 9.40 Å². The fraction of sp³-hybridized carbons (Fsp3) is 0.312. The summed E-state index contributed by atoms with van der Waals surface area (Å²) in [5.74, 6) is 6.97. The molecule has 0 radical (unpaired) electrons. The van der Waals surface area contributed by atoms with Gasteiger partial charge in [-0.3, -0.25) is 4.98 Å². The summed E-state index contributed by atoms with van der Waals surface area (Å²) in [7, 11) is 1.53. The van der Waals surface area contributed by atoms with Crippen LogP contribution in [0.1, 0.15) is 24.1 Å². The van der Waals surface area contributed by atoms with Gasteiger partial charge in [0.1, 0.15) is 12.8 Å². The highest BCUT2D eigenvalue weighted by molar-refractivity contribution is 5.98. The Kier molecular flexibility index (Phi) is 3.97. The van der Waals surface area contributed by atoms with E-state index in [4.69, 9.17) is 4.84 Å². The van der Waals surface area contributed by atoms with Crippen molar-refractivity contribution < 1.29 is 4.84 Å². The van der Waals surface area contributed by atoms with Gasteiger partial charge in [0.15, 0.2) is 0 Å². The highest BCUT2D eigenvalue weighted by Gasteiger charge is 2.17. The minimum atomic E-state index is 0.563. The van der Waals surface area contributed by atoms with Crippen LogP contribution in [-0.4, -0.2) is 27.4 Å². The van der Waals surface area contributed by atoms with Gasteiger partial charge in [-0.25, -0.2) is 4.98 Å². The van der Waals surface area contributed by atoms with E-state index in [0.717, 1.165) is 17.0 Å². The van der Waals surface area contributed by atoms with Crippen molar-refractivity contribution in [3.05, 3.63) is 48.3 Å². The van der Waals surface area contributed by atoms with Crippen LogP contribution in [0.3, 0.4) is 0 Å². The monoisotopic (exact) mass is 280 g/mol. The van der Waals surface area contributed by atoms with Crippen molar-refractivity contribution in [2.75, 3.05) is 7.11 Å². The third kappa shape index (κ3) is 3.69. The Morgan fingerprint density at radius 3 is 3.00 bits per heavy atom. The molecule has 106 valence electrons. The SMILES string of the molecule is CO/N=C(\Cn1ccnc1)c1ccc(C#CC2CC2)cn1. The normalized spacial score (nSPS) is 14.4. The summed E-state index contributed by atoms with van der Waals surface area (Å²) in [6.45, 7) is 0.563. The molecule has 0 bridgehead atoms. The third-order valence-electron chi connectivity index (χ3n) is 3.15. The molecule has 5 heteroatoms. The van der Waals surface area contributed by atoms with Crippen LogP contribution in [0, 0.1) is 17.8 Å². The van der Waals surface area contributed by atoms with Crippen LogP contribution in [0.4, 0.5) is 0 Å². The molecule has 0 atom stereocenters. The van der Waals surface area contributed by atoms with Gasteiger partial charge in [0.2, 0.25) is 0 Å². The van der Waals surface area contributed by atoms with Crippen molar-refractivity contribution in [2.24, 2.45) is 11.1 Å². The molecule has 2 aromatic heterocycles. The quantitative estimate of drug-likeness (QED) is 0.489. The highest BCUT2D eigenvalue weighted by atomic mass is 16.6. The number of pyridine rings is 1. The molecule has 0 unspecified atom stereocenters. The molecule has 2 heterocycles. The van der Waals surface area contributed by atoms with Crippen LogP contribution in [-0.2, 0) is 11.4 Å². The number of hydrogen-bond donors (Lipinski definition) is 0. The summed E-state index contributed by atoms with van der Waals surface area (Å²) < 4.78 is 1.92. The highest BCUT2D eigenvalue weighted by Crippen LogP contribution is 2.27. The lowest BCUT2D eigenvalue weighted by Gasteiger charge is -2.06. The predicted molar refractivity (Wildman–Crippen MR) is 79.6 cm³/mol. The molecule has 1 aliphatic rings. The standard InChI is InChI=1S/C16H16N4O/c1-21-19-16(11-20-9-8-17-12-20)15-7-6-14(10-18-15)5-4-13-2-3-13/h6-10,12-13H,2-3,11H2,1H3/b19-16+. The molecule has 1 aliphatic carbocycles. The Balaban J connectivity index is 1.76. The largest absolute Gasteiger partial charge is 0.399 e. The first kappa shape index (κ1) is 13.4. The van der Waals surface area contributed by atoms with Gasteiger partial charge in [-0.2, -0.15) is 0 Å². The minimum absolute atomic E-state index is 0.563. The minimum Gasteiger partial charge on any atom is -0.399 e. The van der Waals surface area contributed by atoms with Gasteiger partial charge in [0.05, 0.1) is 18.6 Å². The number of rotatable bonds is 4. The van der Waals surface area contributed by atoms with Crippen molar-refractivity contribution in [1.82, 2.24) is 14.5 Å². The zero-order valence-corrected chi connectivity index (χ0v) is 11.9. The van der Waals surface area contributed by atoms with E-state index in [1.54, 1.807) is 18.7 Å². The first-order valence-corrected chi connectivity index (χ1v) is 6.89. The second-order valence-corrected chi connectivity index (χ2v) is 4.93. The summed E-state index contributed by atoms with van der Waals surface area (Å²) in [5, 5.41) is 4.05. The molecule has 0 N–H and O–H groups in total. The fourth-order valence-electron chi connectivity index (χ4n) is 1.87. The molecule has 2 aromatic rings. The molecule has 1 saturated carbocycles. The van der Waals surface area contributed by atoms with E-state index >= 15 is 0 Å². The first-order valence-electron chi connectivity index (χ1n) is 6.89. The Hall–Kier alpha value is -2.61. The van der Waals surface area contributed by atoms with Crippen LogP contribution < -0.4 is 0 Å².